The molecule has 0 aliphatic heterocycles. The van der Waals surface area contributed by atoms with Crippen molar-refractivity contribution in [3.63, 3.8) is 0 Å². The summed E-state index contributed by atoms with van der Waals surface area (Å²) in [6.45, 7) is 5.65. The summed E-state index contributed by atoms with van der Waals surface area (Å²) < 4.78 is 5.52. The molecule has 1 amide bonds. The maximum absolute atomic E-state index is 11.9. The van der Waals surface area contributed by atoms with Crippen molar-refractivity contribution in [3.8, 4) is 5.75 Å². The Bertz CT molecular complexity index is 969. The van der Waals surface area contributed by atoms with E-state index < -0.39 is 0 Å². The van der Waals surface area contributed by atoms with E-state index >= 15 is 0 Å². The number of hydrazone groups is 1. The Labute approximate surface area is 157 Å². The van der Waals surface area contributed by atoms with Gasteiger partial charge in [-0.2, -0.15) is 5.10 Å². The smallest absolute Gasteiger partial charge is 0.277 e. The molecule has 0 aliphatic carbocycles. The number of para-hydroxylation sites is 1. The Morgan fingerprint density at radius 1 is 1.23 bits per heavy atom. The van der Waals surface area contributed by atoms with Crippen LogP contribution in [0.3, 0.4) is 0 Å². The summed E-state index contributed by atoms with van der Waals surface area (Å²) in [4.78, 5) is 15.2. The van der Waals surface area contributed by atoms with Gasteiger partial charge in [0.2, 0.25) is 0 Å². The van der Waals surface area contributed by atoms with Crippen molar-refractivity contribution in [1.29, 1.82) is 0 Å². The number of H-pyrrole nitrogens is 1. The van der Waals surface area contributed by atoms with Gasteiger partial charge in [-0.05, 0) is 50.1 Å². The SMILES string of the molecule is Cc1cc(OCC(=O)N/N=C/c2c(C)[nH]c3ccccc23)cc(C)c1Cl. The summed E-state index contributed by atoms with van der Waals surface area (Å²) in [7, 11) is 0. The molecule has 0 aliphatic rings. The van der Waals surface area contributed by atoms with Gasteiger partial charge >= 0.3 is 0 Å². The summed E-state index contributed by atoms with van der Waals surface area (Å²) in [5.74, 6) is 0.278. The van der Waals surface area contributed by atoms with Crippen LogP contribution in [0.5, 0.6) is 5.75 Å². The Morgan fingerprint density at radius 3 is 2.65 bits per heavy atom. The molecule has 3 rings (SSSR count). The minimum absolute atomic E-state index is 0.120. The van der Waals surface area contributed by atoms with Gasteiger partial charge in [-0.3, -0.25) is 4.79 Å². The van der Waals surface area contributed by atoms with Crippen LogP contribution in [-0.4, -0.2) is 23.7 Å². The van der Waals surface area contributed by atoms with Crippen molar-refractivity contribution < 1.29 is 9.53 Å². The number of hydrogen-bond donors (Lipinski definition) is 2. The number of carbonyl (C=O) groups excluding carboxylic acids is 1. The highest BCUT2D eigenvalue weighted by Gasteiger charge is 2.07. The molecule has 3 aromatic rings. The lowest BCUT2D eigenvalue weighted by Gasteiger charge is -2.09. The molecule has 0 bridgehead atoms. The lowest BCUT2D eigenvalue weighted by Crippen LogP contribution is -2.24. The fourth-order valence-corrected chi connectivity index (χ4v) is 2.91. The van der Waals surface area contributed by atoms with E-state index in [1.165, 1.54) is 0 Å². The van der Waals surface area contributed by atoms with Crippen LogP contribution in [0.2, 0.25) is 5.02 Å². The second-order valence-corrected chi connectivity index (χ2v) is 6.54. The van der Waals surface area contributed by atoms with E-state index in [0.717, 1.165) is 33.3 Å². The molecule has 6 heteroatoms. The number of nitrogens with zero attached hydrogens (tertiary/aromatic N) is 1. The van der Waals surface area contributed by atoms with Crippen LogP contribution in [0.15, 0.2) is 41.5 Å². The predicted octanol–water partition coefficient (Wildman–Crippen LogP) is 4.28. The number of nitrogens with one attached hydrogen (secondary N) is 2. The second-order valence-electron chi connectivity index (χ2n) is 6.16. The molecule has 0 atom stereocenters. The third-order valence-corrected chi connectivity index (χ3v) is 4.70. The Kier molecular flexibility index (Phi) is 5.28. The average molecular weight is 370 g/mol. The van der Waals surface area contributed by atoms with E-state index in [2.05, 4.69) is 15.5 Å². The normalized spacial score (nSPS) is 11.2. The maximum atomic E-state index is 11.9. The molecule has 134 valence electrons. The molecule has 5 nitrogen and oxygen atoms in total. The molecule has 1 heterocycles. The van der Waals surface area contributed by atoms with Gasteiger partial charge in [0.1, 0.15) is 5.75 Å². The number of benzene rings is 2. The zero-order valence-corrected chi connectivity index (χ0v) is 15.6. The van der Waals surface area contributed by atoms with Crippen LogP contribution in [0.1, 0.15) is 22.4 Å². The number of hydrogen-bond acceptors (Lipinski definition) is 3. The van der Waals surface area contributed by atoms with Gasteiger partial charge in [-0.1, -0.05) is 29.8 Å². The van der Waals surface area contributed by atoms with Crippen molar-refractivity contribution in [1.82, 2.24) is 10.4 Å². The first kappa shape index (κ1) is 18.0. The molecule has 0 fully saturated rings. The standard InChI is InChI=1S/C20H20ClN3O2/c1-12-8-15(9-13(2)20(12)21)26-11-19(25)24-22-10-17-14(3)23-18-7-5-4-6-16(17)18/h4-10,23H,11H2,1-3H3,(H,24,25)/b22-10+. The summed E-state index contributed by atoms with van der Waals surface area (Å²) in [6, 6.07) is 11.6. The molecule has 2 N–H and O–H groups in total. The molecule has 0 saturated heterocycles. The molecule has 2 aromatic carbocycles. The highest BCUT2D eigenvalue weighted by Crippen LogP contribution is 2.25. The number of ether oxygens (including phenoxy) is 1. The molecular weight excluding hydrogens is 350 g/mol. The molecule has 0 saturated carbocycles. The number of amides is 1. The first-order valence-corrected chi connectivity index (χ1v) is 8.62. The van der Waals surface area contributed by atoms with E-state index in [4.69, 9.17) is 16.3 Å². The monoisotopic (exact) mass is 369 g/mol. The first-order valence-electron chi connectivity index (χ1n) is 8.24. The zero-order chi connectivity index (χ0) is 18.7. The van der Waals surface area contributed by atoms with Crippen molar-refractivity contribution >= 4 is 34.6 Å². The Balaban J connectivity index is 1.60. The first-order chi connectivity index (χ1) is 12.5. The minimum atomic E-state index is -0.330. The van der Waals surface area contributed by atoms with Crippen LogP contribution >= 0.6 is 11.6 Å². The topological polar surface area (TPSA) is 66.5 Å². The highest BCUT2D eigenvalue weighted by molar-refractivity contribution is 6.32. The number of fused-ring (bicyclic) bond motifs is 1. The van der Waals surface area contributed by atoms with E-state index in [-0.39, 0.29) is 12.5 Å². The predicted molar refractivity (Wildman–Crippen MR) is 105 cm³/mol. The molecule has 26 heavy (non-hydrogen) atoms. The number of rotatable bonds is 5. The van der Waals surface area contributed by atoms with Crippen molar-refractivity contribution in [2.75, 3.05) is 6.61 Å². The lowest BCUT2D eigenvalue weighted by atomic mass is 10.1. The van der Waals surface area contributed by atoms with E-state index in [1.54, 1.807) is 18.3 Å². The largest absolute Gasteiger partial charge is 0.484 e. The van der Waals surface area contributed by atoms with Gasteiger partial charge in [0.25, 0.3) is 5.91 Å². The fourth-order valence-electron chi connectivity index (χ4n) is 2.80. The van der Waals surface area contributed by atoms with Gasteiger partial charge in [0.15, 0.2) is 6.61 Å². The quantitative estimate of drug-likeness (QED) is 0.520. The Morgan fingerprint density at radius 2 is 1.92 bits per heavy atom. The van der Waals surface area contributed by atoms with Gasteiger partial charge in [-0.15, -0.1) is 0 Å². The summed E-state index contributed by atoms with van der Waals surface area (Å²) >= 11 is 6.13. The van der Waals surface area contributed by atoms with Crippen LogP contribution in [0, 0.1) is 20.8 Å². The van der Waals surface area contributed by atoms with Crippen LogP contribution < -0.4 is 10.2 Å². The molecule has 1 aromatic heterocycles. The highest BCUT2D eigenvalue weighted by atomic mass is 35.5. The van der Waals surface area contributed by atoms with Gasteiger partial charge in [-0.25, -0.2) is 5.43 Å². The van der Waals surface area contributed by atoms with Crippen molar-refractivity contribution in [2.45, 2.75) is 20.8 Å². The molecular formula is C20H20ClN3O2. The van der Waals surface area contributed by atoms with Gasteiger partial charge < -0.3 is 9.72 Å². The molecule has 0 unspecified atom stereocenters. The number of carbonyl (C=O) groups is 1. The third-order valence-electron chi connectivity index (χ3n) is 4.11. The summed E-state index contributed by atoms with van der Waals surface area (Å²) in [6.07, 6.45) is 1.64. The minimum Gasteiger partial charge on any atom is -0.484 e. The van der Waals surface area contributed by atoms with E-state index in [1.807, 2.05) is 45.0 Å². The number of aromatic nitrogens is 1. The summed E-state index contributed by atoms with van der Waals surface area (Å²) in [5, 5.41) is 5.81. The average Bonchev–Trinajstić information content (AvgIpc) is 2.93. The zero-order valence-electron chi connectivity index (χ0n) is 14.9. The summed E-state index contributed by atoms with van der Waals surface area (Å²) in [5.41, 5.74) is 7.29. The van der Waals surface area contributed by atoms with Crippen molar-refractivity contribution in [3.05, 3.63) is 63.8 Å². The number of aromatic amines is 1. The van der Waals surface area contributed by atoms with Crippen molar-refractivity contribution in [2.24, 2.45) is 5.10 Å². The second kappa shape index (κ2) is 7.62. The molecule has 0 spiro atoms. The molecule has 0 radical (unpaired) electrons. The number of halogens is 1. The fraction of sp³-hybridized carbons (Fsp3) is 0.200. The Hall–Kier alpha value is -2.79. The van der Waals surface area contributed by atoms with Crippen LogP contribution in [-0.2, 0) is 4.79 Å². The van der Waals surface area contributed by atoms with E-state index in [0.29, 0.717) is 10.8 Å². The van der Waals surface area contributed by atoms with Gasteiger partial charge in [0, 0.05) is 27.2 Å². The lowest BCUT2D eigenvalue weighted by molar-refractivity contribution is -0.123. The van der Waals surface area contributed by atoms with E-state index in [9.17, 15) is 4.79 Å². The maximum Gasteiger partial charge on any atom is 0.277 e. The third kappa shape index (κ3) is 3.89. The van der Waals surface area contributed by atoms with Crippen LogP contribution in [0.4, 0.5) is 0 Å². The van der Waals surface area contributed by atoms with Gasteiger partial charge in [0.05, 0.1) is 6.21 Å². The number of aryl methyl sites for hydroxylation is 3. The van der Waals surface area contributed by atoms with Crippen LogP contribution in [0.25, 0.3) is 10.9 Å².